The van der Waals surface area contributed by atoms with E-state index in [0.717, 1.165) is 6.42 Å². The predicted octanol–water partition coefficient (Wildman–Crippen LogP) is 0.916. The van der Waals surface area contributed by atoms with Crippen LogP contribution in [0.3, 0.4) is 0 Å². The molecule has 0 N–H and O–H groups in total. The van der Waals surface area contributed by atoms with Crippen LogP contribution in [0, 0.1) is 6.61 Å². The van der Waals surface area contributed by atoms with E-state index in [9.17, 15) is 4.79 Å². The zero-order valence-electron chi connectivity index (χ0n) is 4.89. The van der Waals surface area contributed by atoms with E-state index in [0.29, 0.717) is 6.42 Å². The van der Waals surface area contributed by atoms with E-state index in [1.54, 1.807) is 13.5 Å². The minimum Gasteiger partial charge on any atom is -0.365 e. The van der Waals surface area contributed by atoms with E-state index in [4.69, 9.17) is 4.74 Å². The minimum absolute atomic E-state index is 0.191. The average molecular weight is 113 g/mol. The van der Waals surface area contributed by atoms with E-state index < -0.39 is 0 Å². The maximum Gasteiger partial charge on any atom is 0.161 e. The van der Waals surface area contributed by atoms with Gasteiger partial charge in [-0.25, -0.2) is 0 Å². The molecule has 0 aromatic heterocycles. The van der Waals surface area contributed by atoms with Crippen LogP contribution < -0.4 is 0 Å². The van der Waals surface area contributed by atoms with E-state index in [1.807, 2.05) is 0 Å². The zero-order valence-corrected chi connectivity index (χ0v) is 4.89. The first kappa shape index (κ1) is 5.76. The number of ether oxygens (including phenoxy) is 1. The highest BCUT2D eigenvalue weighted by molar-refractivity contribution is 5.83. The summed E-state index contributed by atoms with van der Waals surface area (Å²) < 4.78 is 4.92. The Hall–Kier alpha value is -0.370. The largest absolute Gasteiger partial charge is 0.365 e. The molecule has 1 radical (unpaired) electrons. The molecule has 2 heteroatoms. The number of ketones is 1. The standard InChI is InChI=1S/C6H9O2/c1-5-6(7)3-2-4-8-5/h4-5H,2-3H2,1H3/t5-/m1/s1. The SMILES string of the molecule is C[C@H]1O[CH]CCC1=O. The summed E-state index contributed by atoms with van der Waals surface area (Å²) in [6.07, 6.45) is 1.24. The Balaban J connectivity index is 2.39. The summed E-state index contributed by atoms with van der Waals surface area (Å²) in [5.74, 6) is 0.215. The van der Waals surface area contributed by atoms with Crippen LogP contribution in [0.25, 0.3) is 0 Å². The van der Waals surface area contributed by atoms with Crippen molar-refractivity contribution < 1.29 is 9.53 Å². The lowest BCUT2D eigenvalue weighted by molar-refractivity contribution is -0.130. The van der Waals surface area contributed by atoms with Crippen molar-refractivity contribution in [3.63, 3.8) is 0 Å². The molecule has 1 rings (SSSR count). The second kappa shape index (κ2) is 2.27. The van der Waals surface area contributed by atoms with Gasteiger partial charge in [-0.15, -0.1) is 0 Å². The first-order valence-corrected chi connectivity index (χ1v) is 2.80. The first-order chi connectivity index (χ1) is 3.80. The first-order valence-electron chi connectivity index (χ1n) is 2.80. The summed E-state index contributed by atoms with van der Waals surface area (Å²) in [6.45, 7) is 3.48. The Morgan fingerprint density at radius 2 is 2.62 bits per heavy atom. The van der Waals surface area contributed by atoms with Crippen LogP contribution in [0.2, 0.25) is 0 Å². The van der Waals surface area contributed by atoms with Gasteiger partial charge in [0.1, 0.15) is 6.10 Å². The Morgan fingerprint density at radius 1 is 1.88 bits per heavy atom. The van der Waals surface area contributed by atoms with Crippen molar-refractivity contribution in [2.45, 2.75) is 25.9 Å². The molecule has 0 saturated carbocycles. The van der Waals surface area contributed by atoms with Crippen molar-refractivity contribution in [2.75, 3.05) is 0 Å². The molecule has 0 aliphatic carbocycles. The molecule has 0 aromatic rings. The molecule has 0 bridgehead atoms. The summed E-state index contributed by atoms with van der Waals surface area (Å²) >= 11 is 0. The Bertz CT molecular complexity index is 98.7. The van der Waals surface area contributed by atoms with E-state index in [1.165, 1.54) is 0 Å². The molecule has 45 valence electrons. The lowest BCUT2D eigenvalue weighted by Gasteiger charge is -2.15. The van der Waals surface area contributed by atoms with E-state index >= 15 is 0 Å². The maximum absolute atomic E-state index is 10.6. The van der Waals surface area contributed by atoms with Crippen molar-refractivity contribution in [1.29, 1.82) is 0 Å². The molecule has 1 saturated heterocycles. The number of carbonyl (C=O) groups is 1. The smallest absolute Gasteiger partial charge is 0.161 e. The summed E-state index contributed by atoms with van der Waals surface area (Å²) in [7, 11) is 0. The second-order valence-corrected chi connectivity index (χ2v) is 1.95. The summed E-state index contributed by atoms with van der Waals surface area (Å²) in [5, 5.41) is 0. The predicted molar refractivity (Wildman–Crippen MR) is 29.1 cm³/mol. The lowest BCUT2D eigenvalue weighted by Crippen LogP contribution is -2.23. The summed E-state index contributed by atoms with van der Waals surface area (Å²) in [5.41, 5.74) is 0. The van der Waals surface area contributed by atoms with Crippen molar-refractivity contribution in [2.24, 2.45) is 0 Å². The molecule has 1 aliphatic heterocycles. The van der Waals surface area contributed by atoms with Gasteiger partial charge in [0.15, 0.2) is 5.78 Å². The van der Waals surface area contributed by atoms with Gasteiger partial charge in [0.2, 0.25) is 0 Å². The number of hydrogen-bond donors (Lipinski definition) is 0. The lowest BCUT2D eigenvalue weighted by atomic mass is 10.1. The van der Waals surface area contributed by atoms with Gasteiger partial charge < -0.3 is 4.74 Å². The summed E-state index contributed by atoms with van der Waals surface area (Å²) in [6, 6.07) is 0. The minimum atomic E-state index is -0.191. The van der Waals surface area contributed by atoms with Crippen LogP contribution >= 0.6 is 0 Å². The molecule has 0 spiro atoms. The number of carbonyl (C=O) groups excluding carboxylic acids is 1. The monoisotopic (exact) mass is 113 g/mol. The number of hydrogen-bond acceptors (Lipinski definition) is 2. The topological polar surface area (TPSA) is 26.3 Å². The Kier molecular flexibility index (Phi) is 1.63. The van der Waals surface area contributed by atoms with Crippen LogP contribution in [0.4, 0.5) is 0 Å². The van der Waals surface area contributed by atoms with Crippen molar-refractivity contribution in [3.8, 4) is 0 Å². The molecule has 2 nitrogen and oxygen atoms in total. The van der Waals surface area contributed by atoms with Gasteiger partial charge >= 0.3 is 0 Å². The van der Waals surface area contributed by atoms with Gasteiger partial charge in [-0.2, -0.15) is 0 Å². The van der Waals surface area contributed by atoms with E-state index in [-0.39, 0.29) is 11.9 Å². The number of Topliss-reactive ketones (excluding diaryl/α,β-unsaturated/α-hetero) is 1. The highest BCUT2D eigenvalue weighted by Crippen LogP contribution is 2.10. The quantitative estimate of drug-likeness (QED) is 0.467. The molecule has 0 unspecified atom stereocenters. The molecule has 1 atom stereocenters. The van der Waals surface area contributed by atoms with Crippen LogP contribution in [0.15, 0.2) is 0 Å². The Morgan fingerprint density at radius 3 is 3.00 bits per heavy atom. The highest BCUT2D eigenvalue weighted by atomic mass is 16.5. The Labute approximate surface area is 48.8 Å². The van der Waals surface area contributed by atoms with Crippen LogP contribution in [-0.4, -0.2) is 11.9 Å². The molecule has 1 fully saturated rings. The van der Waals surface area contributed by atoms with Crippen molar-refractivity contribution in [3.05, 3.63) is 6.61 Å². The van der Waals surface area contributed by atoms with Gasteiger partial charge in [-0.05, 0) is 13.3 Å². The van der Waals surface area contributed by atoms with Gasteiger partial charge in [-0.3, -0.25) is 4.79 Å². The van der Waals surface area contributed by atoms with Gasteiger partial charge in [0.05, 0.1) is 6.61 Å². The molecule has 1 aliphatic rings. The fourth-order valence-electron chi connectivity index (χ4n) is 0.693. The van der Waals surface area contributed by atoms with E-state index in [2.05, 4.69) is 0 Å². The summed E-state index contributed by atoms with van der Waals surface area (Å²) in [4.78, 5) is 10.6. The maximum atomic E-state index is 10.6. The molecule has 0 aromatic carbocycles. The van der Waals surface area contributed by atoms with Crippen molar-refractivity contribution >= 4 is 5.78 Å². The molecule has 0 amide bonds. The van der Waals surface area contributed by atoms with Gasteiger partial charge in [0.25, 0.3) is 0 Å². The second-order valence-electron chi connectivity index (χ2n) is 1.95. The molecular formula is C6H9O2. The molecular weight excluding hydrogens is 104 g/mol. The number of rotatable bonds is 0. The average Bonchev–Trinajstić information content (AvgIpc) is 1.77. The third kappa shape index (κ3) is 1.07. The molecule has 1 heterocycles. The van der Waals surface area contributed by atoms with Crippen LogP contribution in [0.5, 0.6) is 0 Å². The normalized spacial score (nSPS) is 30.6. The van der Waals surface area contributed by atoms with Gasteiger partial charge in [0, 0.05) is 6.42 Å². The van der Waals surface area contributed by atoms with Gasteiger partial charge in [-0.1, -0.05) is 0 Å². The van der Waals surface area contributed by atoms with Crippen LogP contribution in [-0.2, 0) is 9.53 Å². The third-order valence-corrected chi connectivity index (χ3v) is 1.26. The van der Waals surface area contributed by atoms with Crippen molar-refractivity contribution in [1.82, 2.24) is 0 Å². The fourth-order valence-corrected chi connectivity index (χ4v) is 0.693. The fraction of sp³-hybridized carbons (Fsp3) is 0.667. The third-order valence-electron chi connectivity index (χ3n) is 1.26. The molecule has 8 heavy (non-hydrogen) atoms. The van der Waals surface area contributed by atoms with Crippen LogP contribution in [0.1, 0.15) is 19.8 Å². The highest BCUT2D eigenvalue weighted by Gasteiger charge is 2.17. The zero-order chi connectivity index (χ0) is 5.98.